The summed E-state index contributed by atoms with van der Waals surface area (Å²) in [5, 5.41) is 2.95. The first-order valence-electron chi connectivity index (χ1n) is 9.35. The van der Waals surface area contributed by atoms with E-state index in [2.05, 4.69) is 5.32 Å². The first-order chi connectivity index (χ1) is 13.0. The van der Waals surface area contributed by atoms with Gasteiger partial charge in [0.1, 0.15) is 5.75 Å². The molecule has 2 aromatic rings. The average molecular weight is 366 g/mol. The predicted octanol–water partition coefficient (Wildman–Crippen LogP) is 3.37. The molecule has 0 aliphatic carbocycles. The van der Waals surface area contributed by atoms with E-state index in [0.717, 1.165) is 28.1 Å². The summed E-state index contributed by atoms with van der Waals surface area (Å²) in [5.41, 5.74) is 4.13. The largest absolute Gasteiger partial charge is 0.494 e. The minimum absolute atomic E-state index is 0.00455. The smallest absolute Gasteiger partial charge is 0.227 e. The van der Waals surface area contributed by atoms with Gasteiger partial charge in [-0.05, 0) is 55.7 Å². The number of benzene rings is 2. The van der Waals surface area contributed by atoms with Crippen LogP contribution in [-0.2, 0) is 16.1 Å². The molecule has 0 saturated carbocycles. The fourth-order valence-electron chi connectivity index (χ4n) is 3.35. The van der Waals surface area contributed by atoms with Gasteiger partial charge in [0.2, 0.25) is 11.8 Å². The van der Waals surface area contributed by atoms with Gasteiger partial charge < -0.3 is 15.0 Å². The van der Waals surface area contributed by atoms with Gasteiger partial charge in [-0.15, -0.1) is 0 Å². The molecule has 0 bridgehead atoms. The van der Waals surface area contributed by atoms with Gasteiger partial charge in [0.15, 0.2) is 0 Å². The van der Waals surface area contributed by atoms with Crippen LogP contribution in [0, 0.1) is 19.8 Å². The number of ether oxygens (including phenoxy) is 1. The van der Waals surface area contributed by atoms with E-state index >= 15 is 0 Å². The summed E-state index contributed by atoms with van der Waals surface area (Å²) in [6.07, 6.45) is 0.252. The van der Waals surface area contributed by atoms with Crippen LogP contribution in [0.5, 0.6) is 5.75 Å². The van der Waals surface area contributed by atoms with Gasteiger partial charge in [-0.3, -0.25) is 9.59 Å². The van der Waals surface area contributed by atoms with Crippen molar-refractivity contribution in [2.24, 2.45) is 5.92 Å². The van der Waals surface area contributed by atoms with E-state index < -0.39 is 0 Å². The molecule has 0 radical (unpaired) electrons. The van der Waals surface area contributed by atoms with E-state index in [0.29, 0.717) is 19.7 Å². The monoisotopic (exact) mass is 366 g/mol. The molecule has 2 amide bonds. The Morgan fingerprint density at radius 1 is 1.19 bits per heavy atom. The number of rotatable bonds is 6. The summed E-state index contributed by atoms with van der Waals surface area (Å²) in [5.74, 6) is 0.424. The van der Waals surface area contributed by atoms with Crippen LogP contribution in [0.1, 0.15) is 30.0 Å². The zero-order valence-electron chi connectivity index (χ0n) is 16.1. The van der Waals surface area contributed by atoms with Crippen LogP contribution >= 0.6 is 0 Å². The molecule has 0 unspecified atom stereocenters. The lowest BCUT2D eigenvalue weighted by Gasteiger charge is -2.20. The van der Waals surface area contributed by atoms with Gasteiger partial charge in [-0.25, -0.2) is 0 Å². The molecule has 1 atom stereocenters. The third-order valence-electron chi connectivity index (χ3n) is 5.06. The van der Waals surface area contributed by atoms with Crippen molar-refractivity contribution < 1.29 is 14.3 Å². The Balaban J connectivity index is 1.59. The van der Waals surface area contributed by atoms with Crippen LogP contribution in [0.3, 0.4) is 0 Å². The Hall–Kier alpha value is -2.82. The fourth-order valence-corrected chi connectivity index (χ4v) is 3.35. The first-order valence-corrected chi connectivity index (χ1v) is 9.35. The Morgan fingerprint density at radius 2 is 1.93 bits per heavy atom. The van der Waals surface area contributed by atoms with Gasteiger partial charge in [0, 0.05) is 25.2 Å². The summed E-state index contributed by atoms with van der Waals surface area (Å²) in [6.45, 7) is 7.48. The lowest BCUT2D eigenvalue weighted by atomic mass is 10.1. The maximum absolute atomic E-state index is 12.5. The van der Waals surface area contributed by atoms with Crippen LogP contribution in [0.15, 0.2) is 42.5 Å². The van der Waals surface area contributed by atoms with Crippen molar-refractivity contribution in [3.8, 4) is 5.75 Å². The quantitative estimate of drug-likeness (QED) is 0.853. The molecule has 0 spiro atoms. The normalized spacial score (nSPS) is 16.5. The lowest BCUT2D eigenvalue weighted by Crippen LogP contribution is -2.32. The Kier molecular flexibility index (Phi) is 5.79. The minimum atomic E-state index is -0.319. The average Bonchev–Trinajstić information content (AvgIpc) is 3.05. The van der Waals surface area contributed by atoms with Crippen molar-refractivity contribution in [2.45, 2.75) is 33.7 Å². The van der Waals surface area contributed by atoms with Crippen molar-refractivity contribution in [1.82, 2.24) is 5.32 Å². The maximum Gasteiger partial charge on any atom is 0.227 e. The molecule has 0 aromatic heterocycles. The van der Waals surface area contributed by atoms with Crippen LogP contribution in [0.25, 0.3) is 0 Å². The van der Waals surface area contributed by atoms with E-state index in [1.807, 2.05) is 63.2 Å². The lowest BCUT2D eigenvalue weighted by molar-refractivity contribution is -0.126. The number of aryl methyl sites for hydroxylation is 1. The molecule has 2 aromatic carbocycles. The highest BCUT2D eigenvalue weighted by atomic mass is 16.5. The second-order valence-electron chi connectivity index (χ2n) is 6.92. The van der Waals surface area contributed by atoms with Gasteiger partial charge in [0.25, 0.3) is 0 Å². The minimum Gasteiger partial charge on any atom is -0.494 e. The van der Waals surface area contributed by atoms with Gasteiger partial charge >= 0.3 is 0 Å². The number of carbonyl (C=O) groups excluding carboxylic acids is 2. The predicted molar refractivity (Wildman–Crippen MR) is 106 cm³/mol. The third kappa shape index (κ3) is 4.30. The van der Waals surface area contributed by atoms with Crippen LogP contribution in [0.4, 0.5) is 5.69 Å². The zero-order chi connectivity index (χ0) is 19.4. The van der Waals surface area contributed by atoms with Crippen LogP contribution in [-0.4, -0.2) is 25.0 Å². The molecule has 142 valence electrons. The topological polar surface area (TPSA) is 58.6 Å². The van der Waals surface area contributed by atoms with Gasteiger partial charge in [-0.2, -0.15) is 0 Å². The number of nitrogens with zero attached hydrogens (tertiary/aromatic N) is 1. The van der Waals surface area contributed by atoms with E-state index in [4.69, 9.17) is 4.74 Å². The van der Waals surface area contributed by atoms with E-state index in [1.165, 1.54) is 0 Å². The molecule has 3 rings (SSSR count). The number of nitrogens with one attached hydrogen (secondary N) is 1. The highest BCUT2D eigenvalue weighted by Gasteiger charge is 2.35. The van der Waals surface area contributed by atoms with Gasteiger partial charge in [-0.1, -0.05) is 24.3 Å². The zero-order valence-corrected chi connectivity index (χ0v) is 16.1. The van der Waals surface area contributed by atoms with Crippen molar-refractivity contribution in [2.75, 3.05) is 18.1 Å². The van der Waals surface area contributed by atoms with Crippen molar-refractivity contribution in [1.29, 1.82) is 0 Å². The second-order valence-corrected chi connectivity index (χ2v) is 6.92. The van der Waals surface area contributed by atoms with Crippen LogP contribution < -0.4 is 15.0 Å². The number of hydrogen-bond acceptors (Lipinski definition) is 3. The Labute approximate surface area is 160 Å². The Bertz CT molecular complexity index is 830. The molecule has 1 saturated heterocycles. The molecule has 1 N–H and O–H groups in total. The fraction of sp³-hybridized carbons (Fsp3) is 0.364. The second kappa shape index (κ2) is 8.25. The molecular formula is C22H26N2O3. The molecule has 1 fully saturated rings. The maximum atomic E-state index is 12.5. The van der Waals surface area contributed by atoms with Crippen molar-refractivity contribution in [3.05, 3.63) is 59.2 Å². The summed E-state index contributed by atoms with van der Waals surface area (Å²) >= 11 is 0. The van der Waals surface area contributed by atoms with E-state index in [1.54, 1.807) is 4.90 Å². The summed E-state index contributed by atoms with van der Waals surface area (Å²) in [7, 11) is 0. The third-order valence-corrected chi connectivity index (χ3v) is 5.06. The molecule has 5 nitrogen and oxygen atoms in total. The van der Waals surface area contributed by atoms with Crippen LogP contribution in [0.2, 0.25) is 0 Å². The van der Waals surface area contributed by atoms with E-state index in [9.17, 15) is 9.59 Å². The van der Waals surface area contributed by atoms with Crippen molar-refractivity contribution in [3.63, 3.8) is 0 Å². The standard InChI is InChI=1S/C22H26N2O3/c1-4-27-19-10-8-17(9-11-19)13-23-22(26)18-12-21(25)24(14-18)20-7-5-6-15(2)16(20)3/h5-11,18H,4,12-14H2,1-3H3,(H,23,26)/t18-/m1/s1. The number of amides is 2. The SMILES string of the molecule is CCOc1ccc(CNC(=O)[C@@H]2CC(=O)N(c3cccc(C)c3C)C2)cc1. The highest BCUT2D eigenvalue weighted by molar-refractivity contribution is 6.00. The van der Waals surface area contributed by atoms with E-state index in [-0.39, 0.29) is 24.2 Å². The number of hydrogen-bond donors (Lipinski definition) is 1. The number of carbonyl (C=O) groups is 2. The molecule has 1 aliphatic heterocycles. The Morgan fingerprint density at radius 3 is 2.63 bits per heavy atom. The molecule has 5 heteroatoms. The van der Waals surface area contributed by atoms with Crippen molar-refractivity contribution >= 4 is 17.5 Å². The molecule has 27 heavy (non-hydrogen) atoms. The molecule has 1 heterocycles. The highest BCUT2D eigenvalue weighted by Crippen LogP contribution is 2.29. The van der Waals surface area contributed by atoms with Gasteiger partial charge in [0.05, 0.1) is 12.5 Å². The summed E-state index contributed by atoms with van der Waals surface area (Å²) in [4.78, 5) is 26.7. The number of anilines is 1. The molecule has 1 aliphatic rings. The summed E-state index contributed by atoms with van der Waals surface area (Å²) < 4.78 is 5.42. The first kappa shape index (κ1) is 19.0. The summed E-state index contributed by atoms with van der Waals surface area (Å²) in [6, 6.07) is 13.6. The molecular weight excluding hydrogens is 340 g/mol.